The second-order valence-corrected chi connectivity index (χ2v) is 7.91. The fraction of sp³-hybridized carbons (Fsp3) is 0.636. The number of thiophene rings is 1. The van der Waals surface area contributed by atoms with Crippen LogP contribution in [0.15, 0.2) is 15.9 Å². The minimum atomic E-state index is 0.246. The van der Waals surface area contributed by atoms with Crippen LogP contribution in [-0.4, -0.2) is 23.4 Å². The predicted octanol–water partition coefficient (Wildman–Crippen LogP) is 3.96. The zero-order valence-electron chi connectivity index (χ0n) is 8.96. The molecular formula is C11H15BrClNS. The van der Waals surface area contributed by atoms with Gasteiger partial charge in [-0.15, -0.1) is 22.9 Å². The van der Waals surface area contributed by atoms with Gasteiger partial charge in [0.1, 0.15) is 0 Å². The number of nitrogens with zero attached hydrogens (tertiary/aromatic N) is 1. The fourth-order valence-electron chi connectivity index (χ4n) is 1.99. The maximum absolute atomic E-state index is 6.32. The second-order valence-electron chi connectivity index (χ2n) is 4.83. The lowest BCUT2D eigenvalue weighted by atomic mass is 9.92. The van der Waals surface area contributed by atoms with Crippen molar-refractivity contribution in [1.29, 1.82) is 0 Å². The maximum atomic E-state index is 6.32. The number of halogens is 2. The maximum Gasteiger partial charge on any atom is 0.0701 e. The molecule has 0 saturated carbocycles. The summed E-state index contributed by atoms with van der Waals surface area (Å²) in [5.41, 5.74) is 0.246. The van der Waals surface area contributed by atoms with Crippen molar-refractivity contribution >= 4 is 38.9 Å². The molecule has 1 aliphatic rings. The van der Waals surface area contributed by atoms with Crippen LogP contribution in [-0.2, 0) is 6.54 Å². The van der Waals surface area contributed by atoms with Gasteiger partial charge in [0.2, 0.25) is 0 Å². The Morgan fingerprint density at radius 1 is 1.60 bits per heavy atom. The third-order valence-corrected chi connectivity index (χ3v) is 5.24. The Labute approximate surface area is 109 Å². The fourth-order valence-corrected chi connectivity index (χ4v) is 3.78. The number of hydrogen-bond acceptors (Lipinski definition) is 2. The molecule has 0 aliphatic carbocycles. The highest BCUT2D eigenvalue weighted by Gasteiger charge is 2.37. The first-order valence-electron chi connectivity index (χ1n) is 5.08. The molecule has 1 fully saturated rings. The van der Waals surface area contributed by atoms with Crippen LogP contribution < -0.4 is 0 Å². The molecule has 0 radical (unpaired) electrons. The molecule has 4 heteroatoms. The van der Waals surface area contributed by atoms with E-state index in [-0.39, 0.29) is 10.8 Å². The molecule has 1 aliphatic heterocycles. The molecule has 1 atom stereocenters. The van der Waals surface area contributed by atoms with Gasteiger partial charge in [-0.1, -0.05) is 13.8 Å². The topological polar surface area (TPSA) is 3.24 Å². The molecule has 15 heavy (non-hydrogen) atoms. The summed E-state index contributed by atoms with van der Waals surface area (Å²) in [6.07, 6.45) is 0. The SMILES string of the molecule is CC1(C)CN(Cc2ccc(Br)s2)CC1Cl. The van der Waals surface area contributed by atoms with Gasteiger partial charge in [0.15, 0.2) is 0 Å². The highest BCUT2D eigenvalue weighted by molar-refractivity contribution is 9.11. The Morgan fingerprint density at radius 3 is 2.80 bits per heavy atom. The van der Waals surface area contributed by atoms with Gasteiger partial charge >= 0.3 is 0 Å². The van der Waals surface area contributed by atoms with E-state index in [1.807, 2.05) is 11.3 Å². The first kappa shape index (κ1) is 11.9. The number of rotatable bonds is 2. The minimum absolute atomic E-state index is 0.246. The van der Waals surface area contributed by atoms with Crippen molar-refractivity contribution < 1.29 is 0 Å². The average Bonchev–Trinajstić information content (AvgIpc) is 2.59. The third kappa shape index (κ3) is 2.76. The molecule has 1 nitrogen and oxygen atoms in total. The molecule has 1 aromatic heterocycles. The van der Waals surface area contributed by atoms with E-state index in [1.54, 1.807) is 0 Å². The smallest absolute Gasteiger partial charge is 0.0701 e. The van der Waals surface area contributed by atoms with E-state index >= 15 is 0 Å². The van der Waals surface area contributed by atoms with Crippen LogP contribution in [0, 0.1) is 5.41 Å². The molecule has 2 heterocycles. The Balaban J connectivity index is 1.98. The van der Waals surface area contributed by atoms with Gasteiger partial charge in [0, 0.05) is 24.5 Å². The highest BCUT2D eigenvalue weighted by Crippen LogP contribution is 2.35. The standard InChI is InChI=1S/C11H15BrClNS/c1-11(2)7-14(6-9(11)13)5-8-3-4-10(12)15-8/h3-4,9H,5-7H2,1-2H3. The molecule has 0 N–H and O–H groups in total. The number of hydrogen-bond donors (Lipinski definition) is 0. The van der Waals surface area contributed by atoms with Gasteiger partial charge in [0.25, 0.3) is 0 Å². The third-order valence-electron chi connectivity index (χ3n) is 2.91. The Hall–Kier alpha value is 0.430. The van der Waals surface area contributed by atoms with Gasteiger partial charge in [0.05, 0.1) is 9.16 Å². The van der Waals surface area contributed by atoms with Crippen molar-refractivity contribution in [2.45, 2.75) is 25.8 Å². The molecule has 0 spiro atoms. The van der Waals surface area contributed by atoms with Crippen LogP contribution in [0.3, 0.4) is 0 Å². The van der Waals surface area contributed by atoms with Gasteiger partial charge < -0.3 is 0 Å². The van der Waals surface area contributed by atoms with E-state index in [4.69, 9.17) is 11.6 Å². The molecule has 1 saturated heterocycles. The summed E-state index contributed by atoms with van der Waals surface area (Å²) >= 11 is 11.6. The lowest BCUT2D eigenvalue weighted by molar-refractivity contribution is 0.287. The molecule has 84 valence electrons. The van der Waals surface area contributed by atoms with Crippen molar-refractivity contribution in [2.75, 3.05) is 13.1 Å². The van der Waals surface area contributed by atoms with Crippen LogP contribution >= 0.6 is 38.9 Å². The monoisotopic (exact) mass is 307 g/mol. The van der Waals surface area contributed by atoms with E-state index in [0.29, 0.717) is 0 Å². The quantitative estimate of drug-likeness (QED) is 0.748. The van der Waals surface area contributed by atoms with E-state index in [0.717, 1.165) is 19.6 Å². The van der Waals surface area contributed by atoms with Crippen LogP contribution in [0.2, 0.25) is 0 Å². The minimum Gasteiger partial charge on any atom is -0.296 e. The first-order chi connectivity index (χ1) is 6.97. The summed E-state index contributed by atoms with van der Waals surface area (Å²) in [4.78, 5) is 3.85. The molecule has 0 amide bonds. The molecule has 0 aromatic carbocycles. The van der Waals surface area contributed by atoms with Gasteiger partial charge in [-0.3, -0.25) is 4.90 Å². The summed E-state index contributed by atoms with van der Waals surface area (Å²) in [6, 6.07) is 4.29. The van der Waals surface area contributed by atoms with Crippen LogP contribution in [0.1, 0.15) is 18.7 Å². The molecule has 2 rings (SSSR count). The predicted molar refractivity (Wildman–Crippen MR) is 70.7 cm³/mol. The van der Waals surface area contributed by atoms with Gasteiger partial charge in [-0.25, -0.2) is 0 Å². The number of likely N-dealkylation sites (tertiary alicyclic amines) is 1. The zero-order valence-corrected chi connectivity index (χ0v) is 12.1. The van der Waals surface area contributed by atoms with Crippen LogP contribution in [0.25, 0.3) is 0 Å². The Morgan fingerprint density at radius 2 is 2.33 bits per heavy atom. The van der Waals surface area contributed by atoms with Crippen molar-refractivity contribution in [3.63, 3.8) is 0 Å². The van der Waals surface area contributed by atoms with E-state index < -0.39 is 0 Å². The Bertz CT molecular complexity index is 350. The van der Waals surface area contributed by atoms with E-state index in [2.05, 4.69) is 46.8 Å². The van der Waals surface area contributed by atoms with Crippen LogP contribution in [0.5, 0.6) is 0 Å². The van der Waals surface area contributed by atoms with E-state index in [9.17, 15) is 0 Å². The molecular weight excluding hydrogens is 294 g/mol. The summed E-state index contributed by atoms with van der Waals surface area (Å²) in [5.74, 6) is 0. The lowest BCUT2D eigenvalue weighted by Gasteiger charge is -2.20. The number of alkyl halides is 1. The van der Waals surface area contributed by atoms with Crippen LogP contribution in [0.4, 0.5) is 0 Å². The van der Waals surface area contributed by atoms with Gasteiger partial charge in [-0.2, -0.15) is 0 Å². The second kappa shape index (κ2) is 4.36. The molecule has 1 unspecified atom stereocenters. The zero-order chi connectivity index (χ0) is 11.1. The summed E-state index contributed by atoms with van der Waals surface area (Å²) < 4.78 is 1.21. The van der Waals surface area contributed by atoms with Crippen molar-refractivity contribution in [1.82, 2.24) is 4.90 Å². The van der Waals surface area contributed by atoms with Crippen molar-refractivity contribution in [3.8, 4) is 0 Å². The van der Waals surface area contributed by atoms with E-state index in [1.165, 1.54) is 8.66 Å². The van der Waals surface area contributed by atoms with Crippen molar-refractivity contribution in [3.05, 3.63) is 20.8 Å². The molecule has 1 aromatic rings. The summed E-state index contributed by atoms with van der Waals surface area (Å²) in [6.45, 7) is 7.62. The largest absolute Gasteiger partial charge is 0.296 e. The Kier molecular flexibility index (Phi) is 3.46. The highest BCUT2D eigenvalue weighted by atomic mass is 79.9. The summed E-state index contributed by atoms with van der Waals surface area (Å²) in [7, 11) is 0. The average molecular weight is 309 g/mol. The first-order valence-corrected chi connectivity index (χ1v) is 7.12. The molecule has 0 bridgehead atoms. The lowest BCUT2D eigenvalue weighted by Crippen LogP contribution is -2.23. The van der Waals surface area contributed by atoms with Gasteiger partial charge in [-0.05, 0) is 33.5 Å². The summed E-state index contributed by atoms with van der Waals surface area (Å²) in [5, 5.41) is 0.279. The normalized spacial score (nSPS) is 26.0. The van der Waals surface area contributed by atoms with Crippen molar-refractivity contribution in [2.24, 2.45) is 5.41 Å².